The third-order valence-electron chi connectivity index (χ3n) is 5.95. The van der Waals surface area contributed by atoms with Gasteiger partial charge in [-0.15, -0.1) is 0 Å². The molecule has 3 aromatic rings. The standard InChI is InChI=1S/C24H25F2N5O4/c1-30-10-11-31(13-16(30)9-12-32)24(34)14-5-7-15(8-6-14)28-23-20(21(27)33)29-22(35-23)19-17(25)3-2-4-18(19)26/h2-8,16,28,32H,9-13H2,1H3,(H2,27,33). The fourth-order valence-electron chi connectivity index (χ4n) is 3.98. The van der Waals surface area contributed by atoms with Gasteiger partial charge in [-0.05, 0) is 49.9 Å². The monoisotopic (exact) mass is 485 g/mol. The number of halogens is 2. The van der Waals surface area contributed by atoms with Crippen LogP contribution in [0.1, 0.15) is 27.3 Å². The third-order valence-corrected chi connectivity index (χ3v) is 5.95. The number of nitrogens with one attached hydrogen (secondary N) is 1. The predicted octanol–water partition coefficient (Wildman–Crippen LogP) is 2.60. The first kappa shape index (κ1) is 24.3. The number of carbonyl (C=O) groups is 2. The van der Waals surface area contributed by atoms with Crippen molar-refractivity contribution in [3.8, 4) is 11.5 Å². The van der Waals surface area contributed by atoms with Gasteiger partial charge in [0.1, 0.15) is 17.2 Å². The molecule has 0 spiro atoms. The summed E-state index contributed by atoms with van der Waals surface area (Å²) in [5, 5.41) is 12.1. The molecule has 1 saturated heterocycles. The topological polar surface area (TPSA) is 125 Å². The maximum absolute atomic E-state index is 14.1. The number of hydrogen-bond acceptors (Lipinski definition) is 7. The summed E-state index contributed by atoms with van der Waals surface area (Å²) in [4.78, 5) is 32.5. The zero-order valence-corrected chi connectivity index (χ0v) is 19.0. The lowest BCUT2D eigenvalue weighted by molar-refractivity contribution is 0.0500. The lowest BCUT2D eigenvalue weighted by atomic mass is 10.1. The third kappa shape index (κ3) is 5.15. The number of carbonyl (C=O) groups excluding carboxylic acids is 2. The highest BCUT2D eigenvalue weighted by Crippen LogP contribution is 2.31. The maximum Gasteiger partial charge on any atom is 0.273 e. The quantitative estimate of drug-likeness (QED) is 0.470. The van der Waals surface area contributed by atoms with Gasteiger partial charge in [-0.25, -0.2) is 13.8 Å². The molecule has 1 aromatic heterocycles. The lowest BCUT2D eigenvalue weighted by Gasteiger charge is -2.39. The van der Waals surface area contributed by atoms with Crippen LogP contribution < -0.4 is 11.1 Å². The van der Waals surface area contributed by atoms with E-state index in [1.54, 1.807) is 29.2 Å². The second-order valence-electron chi connectivity index (χ2n) is 8.26. The fourth-order valence-corrected chi connectivity index (χ4v) is 3.98. The number of amides is 2. The number of hydrogen-bond donors (Lipinski definition) is 3. The number of anilines is 2. The Morgan fingerprint density at radius 2 is 1.86 bits per heavy atom. The zero-order valence-electron chi connectivity index (χ0n) is 19.0. The van der Waals surface area contributed by atoms with Gasteiger partial charge in [-0.3, -0.25) is 14.5 Å². The number of benzene rings is 2. The largest absolute Gasteiger partial charge is 0.419 e. The van der Waals surface area contributed by atoms with Gasteiger partial charge in [0.25, 0.3) is 11.8 Å². The van der Waals surface area contributed by atoms with Crippen LogP contribution in [0.3, 0.4) is 0 Å². The molecular formula is C24H25F2N5O4. The van der Waals surface area contributed by atoms with Gasteiger partial charge in [0.2, 0.25) is 11.8 Å². The normalized spacial score (nSPS) is 16.3. The van der Waals surface area contributed by atoms with E-state index in [-0.39, 0.29) is 30.1 Å². The van der Waals surface area contributed by atoms with Crippen molar-refractivity contribution in [1.29, 1.82) is 0 Å². The molecule has 4 N–H and O–H groups in total. The first-order chi connectivity index (χ1) is 16.8. The van der Waals surface area contributed by atoms with E-state index in [1.165, 1.54) is 6.07 Å². The lowest BCUT2D eigenvalue weighted by Crippen LogP contribution is -2.53. The van der Waals surface area contributed by atoms with Crippen molar-refractivity contribution in [2.45, 2.75) is 12.5 Å². The van der Waals surface area contributed by atoms with Crippen LogP contribution >= 0.6 is 0 Å². The predicted molar refractivity (Wildman–Crippen MR) is 124 cm³/mol. The molecule has 0 radical (unpaired) electrons. The second kappa shape index (κ2) is 10.2. The number of primary amides is 1. The number of oxazole rings is 1. The molecule has 4 rings (SSSR count). The van der Waals surface area contributed by atoms with Crippen molar-refractivity contribution in [3.05, 3.63) is 65.4 Å². The van der Waals surface area contributed by atoms with Crippen LogP contribution in [0.4, 0.5) is 20.4 Å². The molecule has 1 atom stereocenters. The van der Waals surface area contributed by atoms with E-state index in [4.69, 9.17) is 10.2 Å². The van der Waals surface area contributed by atoms with E-state index < -0.39 is 29.0 Å². The summed E-state index contributed by atoms with van der Waals surface area (Å²) in [5.74, 6) is -3.50. The SMILES string of the molecule is CN1CCN(C(=O)c2ccc(Nc3oc(-c4c(F)cccc4F)nc3C(N)=O)cc2)CC1CCO. The number of piperazine rings is 1. The van der Waals surface area contributed by atoms with Gasteiger partial charge in [-0.2, -0.15) is 0 Å². The van der Waals surface area contributed by atoms with E-state index in [9.17, 15) is 23.5 Å². The van der Waals surface area contributed by atoms with Crippen molar-refractivity contribution >= 4 is 23.4 Å². The molecule has 184 valence electrons. The van der Waals surface area contributed by atoms with Gasteiger partial charge in [0.15, 0.2) is 5.69 Å². The van der Waals surface area contributed by atoms with Crippen molar-refractivity contribution in [2.24, 2.45) is 5.73 Å². The number of aliphatic hydroxyl groups is 1. The van der Waals surface area contributed by atoms with Crippen molar-refractivity contribution in [3.63, 3.8) is 0 Å². The van der Waals surface area contributed by atoms with E-state index >= 15 is 0 Å². The van der Waals surface area contributed by atoms with E-state index in [2.05, 4.69) is 15.2 Å². The Hall–Kier alpha value is -3.83. The number of aromatic nitrogens is 1. The van der Waals surface area contributed by atoms with Crippen LogP contribution in [-0.4, -0.2) is 71.0 Å². The minimum atomic E-state index is -0.946. The Labute approximate surface area is 200 Å². The Kier molecular flexibility index (Phi) is 7.08. The molecule has 0 saturated carbocycles. The van der Waals surface area contributed by atoms with Crippen LogP contribution in [0, 0.1) is 11.6 Å². The van der Waals surface area contributed by atoms with Crippen LogP contribution in [0.25, 0.3) is 11.5 Å². The highest BCUT2D eigenvalue weighted by Gasteiger charge is 2.28. The molecule has 9 nitrogen and oxygen atoms in total. The van der Waals surface area contributed by atoms with Crippen LogP contribution in [-0.2, 0) is 0 Å². The highest BCUT2D eigenvalue weighted by atomic mass is 19.1. The fraction of sp³-hybridized carbons (Fsp3) is 0.292. The van der Waals surface area contributed by atoms with Gasteiger partial charge in [0.05, 0.1) is 0 Å². The molecule has 1 unspecified atom stereocenters. The average molecular weight is 485 g/mol. The van der Waals surface area contributed by atoms with Crippen molar-refractivity contribution in [2.75, 3.05) is 38.6 Å². The summed E-state index contributed by atoms with van der Waals surface area (Å²) in [6, 6.07) is 9.80. The highest BCUT2D eigenvalue weighted by molar-refractivity contribution is 5.97. The van der Waals surface area contributed by atoms with Gasteiger partial charge in [0, 0.05) is 43.5 Å². The molecule has 1 fully saturated rings. The molecule has 2 amide bonds. The summed E-state index contributed by atoms with van der Waals surface area (Å²) in [6.07, 6.45) is 0.585. The summed E-state index contributed by atoms with van der Waals surface area (Å²) in [5.41, 5.74) is 5.43. The maximum atomic E-state index is 14.1. The molecule has 1 aliphatic heterocycles. The summed E-state index contributed by atoms with van der Waals surface area (Å²) >= 11 is 0. The van der Waals surface area contributed by atoms with Crippen molar-refractivity contribution < 1.29 is 27.9 Å². The molecule has 2 heterocycles. The van der Waals surface area contributed by atoms with E-state index in [1.807, 2.05) is 7.05 Å². The average Bonchev–Trinajstić information content (AvgIpc) is 3.24. The van der Waals surface area contributed by atoms with E-state index in [0.717, 1.165) is 12.1 Å². The molecule has 2 aromatic carbocycles. The molecule has 11 heteroatoms. The van der Waals surface area contributed by atoms with Crippen LogP contribution in [0.5, 0.6) is 0 Å². The molecule has 0 bridgehead atoms. The van der Waals surface area contributed by atoms with Crippen molar-refractivity contribution in [1.82, 2.24) is 14.8 Å². The molecule has 35 heavy (non-hydrogen) atoms. The number of nitrogens with two attached hydrogens (primary N) is 1. The zero-order chi connectivity index (χ0) is 25.1. The summed E-state index contributed by atoms with van der Waals surface area (Å²) in [6.45, 7) is 1.86. The Balaban J connectivity index is 1.52. The smallest absolute Gasteiger partial charge is 0.273 e. The van der Waals surface area contributed by atoms with Gasteiger partial charge < -0.3 is 25.5 Å². The Morgan fingerprint density at radius 1 is 1.17 bits per heavy atom. The second-order valence-corrected chi connectivity index (χ2v) is 8.26. The van der Waals surface area contributed by atoms with Crippen LogP contribution in [0.15, 0.2) is 46.9 Å². The summed E-state index contributed by atoms with van der Waals surface area (Å²) in [7, 11) is 1.97. The Morgan fingerprint density at radius 3 is 2.49 bits per heavy atom. The number of rotatable bonds is 7. The molecule has 0 aliphatic carbocycles. The molecular weight excluding hydrogens is 460 g/mol. The number of likely N-dealkylation sites (N-methyl/N-ethyl adjacent to an activating group) is 1. The summed E-state index contributed by atoms with van der Waals surface area (Å²) < 4.78 is 33.7. The minimum absolute atomic E-state index is 0.0532. The van der Waals surface area contributed by atoms with Gasteiger partial charge in [-0.1, -0.05) is 6.07 Å². The minimum Gasteiger partial charge on any atom is -0.419 e. The number of nitrogens with zero attached hydrogens (tertiary/aromatic N) is 3. The first-order valence-corrected chi connectivity index (χ1v) is 11.0. The van der Waals surface area contributed by atoms with Gasteiger partial charge >= 0.3 is 0 Å². The van der Waals surface area contributed by atoms with E-state index in [0.29, 0.717) is 37.3 Å². The van der Waals surface area contributed by atoms with Crippen LogP contribution in [0.2, 0.25) is 0 Å². The number of aliphatic hydroxyl groups excluding tert-OH is 1. The first-order valence-electron chi connectivity index (χ1n) is 11.0. The molecule has 1 aliphatic rings. The Bertz CT molecular complexity index is 1210.